The Labute approximate surface area is 168 Å². The van der Waals surface area contributed by atoms with E-state index in [0.29, 0.717) is 24.0 Å². The van der Waals surface area contributed by atoms with Gasteiger partial charge >= 0.3 is 0 Å². The van der Waals surface area contributed by atoms with Crippen LogP contribution >= 0.6 is 0 Å². The number of aromatic nitrogens is 5. The minimum absolute atomic E-state index is 0.0865. The van der Waals surface area contributed by atoms with Crippen molar-refractivity contribution in [1.82, 2.24) is 30.0 Å². The summed E-state index contributed by atoms with van der Waals surface area (Å²) < 4.78 is 12.6. The number of carbonyl (C=O) groups excluding carboxylic acids is 1. The molecule has 1 saturated heterocycles. The third-order valence-corrected chi connectivity index (χ3v) is 5.86. The molecule has 1 fully saturated rings. The normalized spacial score (nSPS) is 19.8. The summed E-state index contributed by atoms with van der Waals surface area (Å²) in [5, 5.41) is 12.5. The molecule has 0 unspecified atom stereocenters. The van der Waals surface area contributed by atoms with Gasteiger partial charge in [-0.25, -0.2) is 0 Å². The molecular formula is C20H24N6O3. The highest BCUT2D eigenvalue weighted by molar-refractivity contribution is 5.94. The Bertz CT molecular complexity index is 1020. The molecule has 3 aromatic heterocycles. The van der Waals surface area contributed by atoms with Crippen LogP contribution in [0.1, 0.15) is 72.2 Å². The van der Waals surface area contributed by atoms with Crippen LogP contribution in [0.4, 0.5) is 0 Å². The third kappa shape index (κ3) is 3.34. The molecule has 3 aromatic rings. The monoisotopic (exact) mass is 396 g/mol. The first-order chi connectivity index (χ1) is 14.2. The fourth-order valence-electron chi connectivity index (χ4n) is 4.33. The van der Waals surface area contributed by atoms with Crippen LogP contribution in [0.5, 0.6) is 0 Å². The Morgan fingerprint density at radius 1 is 1.10 bits per heavy atom. The van der Waals surface area contributed by atoms with Crippen LogP contribution in [-0.4, -0.2) is 42.4 Å². The molecule has 1 aliphatic heterocycles. The van der Waals surface area contributed by atoms with E-state index in [1.807, 2.05) is 18.1 Å². The Morgan fingerprint density at radius 2 is 2.00 bits per heavy atom. The lowest BCUT2D eigenvalue weighted by molar-refractivity contribution is 0.0658. The van der Waals surface area contributed by atoms with Crippen molar-refractivity contribution in [3.05, 3.63) is 35.2 Å². The molecule has 0 bridgehead atoms. The molecule has 4 heterocycles. The molecule has 1 amide bonds. The summed E-state index contributed by atoms with van der Waals surface area (Å²) in [6.07, 6.45) is 11.2. The first kappa shape index (κ1) is 18.1. The maximum Gasteiger partial charge on any atom is 0.276 e. The molecule has 1 aliphatic carbocycles. The molecule has 9 nitrogen and oxygen atoms in total. The first-order valence-corrected chi connectivity index (χ1v) is 10.3. The average molecular weight is 396 g/mol. The summed E-state index contributed by atoms with van der Waals surface area (Å²) in [4.78, 5) is 19.9. The number of amides is 1. The van der Waals surface area contributed by atoms with Gasteiger partial charge in [-0.1, -0.05) is 23.2 Å². The predicted octanol–water partition coefficient (Wildman–Crippen LogP) is 3.09. The number of aryl methyl sites for hydroxylation is 2. The topological polar surface area (TPSA) is 103 Å². The summed E-state index contributed by atoms with van der Waals surface area (Å²) in [7, 11) is 1.84. The van der Waals surface area contributed by atoms with Crippen LogP contribution in [0.3, 0.4) is 0 Å². The second kappa shape index (κ2) is 7.46. The largest absolute Gasteiger partial charge is 0.360 e. The maximum atomic E-state index is 13.5. The minimum atomic E-state index is -0.227. The van der Waals surface area contributed by atoms with Gasteiger partial charge in [0.25, 0.3) is 11.8 Å². The Hall–Kier alpha value is -2.97. The zero-order valence-corrected chi connectivity index (χ0v) is 16.5. The van der Waals surface area contributed by atoms with Gasteiger partial charge in [0.2, 0.25) is 0 Å². The van der Waals surface area contributed by atoms with E-state index in [9.17, 15) is 4.79 Å². The van der Waals surface area contributed by atoms with E-state index in [-0.39, 0.29) is 11.9 Å². The van der Waals surface area contributed by atoms with Crippen molar-refractivity contribution in [2.24, 2.45) is 7.05 Å². The molecular weight excluding hydrogens is 372 g/mol. The van der Waals surface area contributed by atoms with Crippen LogP contribution in [0.15, 0.2) is 21.4 Å². The lowest BCUT2D eigenvalue weighted by Gasteiger charge is -2.27. The molecule has 9 heteroatoms. The van der Waals surface area contributed by atoms with Gasteiger partial charge in [0, 0.05) is 31.8 Å². The zero-order valence-electron chi connectivity index (χ0n) is 16.5. The summed E-state index contributed by atoms with van der Waals surface area (Å²) in [6, 6.07) is -0.227. The molecule has 152 valence electrons. The standard InChI is InChI=1S/C20H24N6O3/c1-25-12-13(11-21-25)19-22-18(24-29-19)15-8-3-2-6-10-26(15)20(27)17-14-7-4-5-9-16(14)28-23-17/h11-12,15H,2-10H2,1H3/t15-/m0/s1. The second-order valence-electron chi connectivity index (χ2n) is 7.86. The van der Waals surface area contributed by atoms with Gasteiger partial charge in [0.1, 0.15) is 5.76 Å². The minimum Gasteiger partial charge on any atom is -0.360 e. The van der Waals surface area contributed by atoms with Gasteiger partial charge in [0.05, 0.1) is 17.8 Å². The van der Waals surface area contributed by atoms with Gasteiger partial charge in [0.15, 0.2) is 11.5 Å². The van der Waals surface area contributed by atoms with Gasteiger partial charge < -0.3 is 13.9 Å². The SMILES string of the molecule is Cn1cc(-c2nc([C@@H]3CCCCCN3C(=O)c3noc4c3CCCC4)no2)cn1. The predicted molar refractivity (Wildman–Crippen MR) is 102 cm³/mol. The number of hydrogen-bond donors (Lipinski definition) is 0. The van der Waals surface area contributed by atoms with Gasteiger partial charge in [-0.2, -0.15) is 10.1 Å². The molecule has 0 saturated carbocycles. The Balaban J connectivity index is 1.45. The number of likely N-dealkylation sites (tertiary alicyclic amines) is 1. The van der Waals surface area contributed by atoms with Crippen molar-refractivity contribution in [1.29, 1.82) is 0 Å². The van der Waals surface area contributed by atoms with Crippen molar-refractivity contribution < 1.29 is 13.8 Å². The van der Waals surface area contributed by atoms with Crippen molar-refractivity contribution in [3.63, 3.8) is 0 Å². The summed E-state index contributed by atoms with van der Waals surface area (Å²) >= 11 is 0. The lowest BCUT2D eigenvalue weighted by atomic mass is 9.96. The van der Waals surface area contributed by atoms with Gasteiger partial charge in [-0.3, -0.25) is 9.48 Å². The second-order valence-corrected chi connectivity index (χ2v) is 7.86. The van der Waals surface area contributed by atoms with Gasteiger partial charge in [-0.15, -0.1) is 0 Å². The van der Waals surface area contributed by atoms with Crippen LogP contribution < -0.4 is 0 Å². The van der Waals surface area contributed by atoms with Crippen molar-refractivity contribution in [2.45, 2.75) is 57.4 Å². The van der Waals surface area contributed by atoms with E-state index in [1.165, 1.54) is 0 Å². The highest BCUT2D eigenvalue weighted by Gasteiger charge is 2.35. The van der Waals surface area contributed by atoms with Crippen LogP contribution in [0.2, 0.25) is 0 Å². The Kier molecular flexibility index (Phi) is 4.65. The molecule has 2 aliphatic rings. The van der Waals surface area contributed by atoms with Crippen LogP contribution in [-0.2, 0) is 19.9 Å². The van der Waals surface area contributed by atoms with Crippen LogP contribution in [0.25, 0.3) is 11.5 Å². The van der Waals surface area contributed by atoms with Gasteiger partial charge in [-0.05, 0) is 32.1 Å². The van der Waals surface area contributed by atoms with E-state index >= 15 is 0 Å². The number of hydrogen-bond acceptors (Lipinski definition) is 7. The number of nitrogens with zero attached hydrogens (tertiary/aromatic N) is 6. The molecule has 5 rings (SSSR count). The highest BCUT2D eigenvalue weighted by atomic mass is 16.5. The number of carbonyl (C=O) groups is 1. The van der Waals surface area contributed by atoms with Crippen molar-refractivity contribution in [3.8, 4) is 11.5 Å². The fourth-order valence-corrected chi connectivity index (χ4v) is 4.33. The van der Waals surface area contributed by atoms with Crippen molar-refractivity contribution >= 4 is 5.91 Å². The van der Waals surface area contributed by atoms with E-state index in [1.54, 1.807) is 10.9 Å². The maximum absolute atomic E-state index is 13.5. The van der Waals surface area contributed by atoms with E-state index in [2.05, 4.69) is 20.4 Å². The smallest absolute Gasteiger partial charge is 0.276 e. The Morgan fingerprint density at radius 3 is 2.86 bits per heavy atom. The quantitative estimate of drug-likeness (QED) is 0.670. The molecule has 29 heavy (non-hydrogen) atoms. The first-order valence-electron chi connectivity index (χ1n) is 10.3. The number of fused-ring (bicyclic) bond motifs is 1. The summed E-state index contributed by atoms with van der Waals surface area (Å²) in [6.45, 7) is 0.655. The lowest BCUT2D eigenvalue weighted by Crippen LogP contribution is -2.36. The van der Waals surface area contributed by atoms with E-state index in [0.717, 1.165) is 68.3 Å². The molecule has 0 aromatic carbocycles. The van der Waals surface area contributed by atoms with Crippen molar-refractivity contribution in [2.75, 3.05) is 6.54 Å². The molecule has 0 spiro atoms. The molecule has 0 N–H and O–H groups in total. The van der Waals surface area contributed by atoms with Crippen LogP contribution in [0, 0.1) is 0 Å². The molecule has 0 radical (unpaired) electrons. The zero-order chi connectivity index (χ0) is 19.8. The highest BCUT2D eigenvalue weighted by Crippen LogP contribution is 2.33. The third-order valence-electron chi connectivity index (χ3n) is 5.86. The number of rotatable bonds is 3. The van der Waals surface area contributed by atoms with E-state index < -0.39 is 0 Å². The average Bonchev–Trinajstić information content (AvgIpc) is 3.44. The summed E-state index contributed by atoms with van der Waals surface area (Å²) in [5.41, 5.74) is 2.21. The van der Waals surface area contributed by atoms with E-state index in [4.69, 9.17) is 9.05 Å². The fraction of sp³-hybridized carbons (Fsp3) is 0.550. The molecule has 1 atom stereocenters. The summed E-state index contributed by atoms with van der Waals surface area (Å²) in [5.74, 6) is 1.74.